The summed E-state index contributed by atoms with van der Waals surface area (Å²) in [7, 11) is 4.75. The first-order chi connectivity index (χ1) is 16.9. The van der Waals surface area contributed by atoms with Crippen LogP contribution in [0.5, 0.6) is 23.0 Å². The summed E-state index contributed by atoms with van der Waals surface area (Å²) in [6.45, 7) is 2.39. The third kappa shape index (κ3) is 5.32. The zero-order valence-electron chi connectivity index (χ0n) is 20.2. The first-order valence-electron chi connectivity index (χ1n) is 11.2. The van der Waals surface area contributed by atoms with E-state index in [1.165, 1.54) is 0 Å². The summed E-state index contributed by atoms with van der Waals surface area (Å²) in [6, 6.07) is 17.7. The molecule has 4 rings (SSSR count). The fourth-order valence-corrected chi connectivity index (χ4v) is 3.94. The van der Waals surface area contributed by atoms with Gasteiger partial charge in [0, 0.05) is 41.5 Å². The van der Waals surface area contributed by atoms with Crippen LogP contribution in [-0.2, 0) is 17.9 Å². The van der Waals surface area contributed by atoms with Crippen molar-refractivity contribution in [2.45, 2.75) is 26.1 Å². The van der Waals surface area contributed by atoms with Crippen molar-refractivity contribution in [2.75, 3.05) is 26.6 Å². The van der Waals surface area contributed by atoms with Gasteiger partial charge >= 0.3 is 0 Å². The van der Waals surface area contributed by atoms with Crippen LogP contribution in [0.2, 0.25) is 0 Å². The zero-order chi connectivity index (χ0) is 24.9. The number of hydrogen-bond donors (Lipinski definition) is 1. The highest BCUT2D eigenvalue weighted by Gasteiger charge is 2.29. The Balaban J connectivity index is 1.56. The predicted octanol–water partition coefficient (Wildman–Crippen LogP) is 4.27. The van der Waals surface area contributed by atoms with Crippen molar-refractivity contribution < 1.29 is 28.5 Å². The van der Waals surface area contributed by atoms with Crippen molar-refractivity contribution in [2.24, 2.45) is 0 Å². The second-order valence-corrected chi connectivity index (χ2v) is 8.14. The fourth-order valence-electron chi connectivity index (χ4n) is 3.94. The average Bonchev–Trinajstić information content (AvgIpc) is 3.00. The summed E-state index contributed by atoms with van der Waals surface area (Å²) >= 11 is 0. The van der Waals surface area contributed by atoms with Gasteiger partial charge in [-0.3, -0.25) is 9.59 Å². The molecule has 1 N–H and O–H groups in total. The SMILES string of the molecule is COc1ccc(C(=O)Nc2ccc3c(c2)CN(Cc2ccc(OC)cc2OC)C(=O)C(C)O3)cc1. The largest absolute Gasteiger partial charge is 0.497 e. The molecule has 182 valence electrons. The van der Waals surface area contributed by atoms with Crippen LogP contribution in [0.25, 0.3) is 0 Å². The maximum Gasteiger partial charge on any atom is 0.263 e. The molecule has 35 heavy (non-hydrogen) atoms. The summed E-state index contributed by atoms with van der Waals surface area (Å²) < 4.78 is 21.9. The van der Waals surface area contributed by atoms with Gasteiger partial charge in [-0.1, -0.05) is 0 Å². The highest BCUT2D eigenvalue weighted by atomic mass is 16.5. The van der Waals surface area contributed by atoms with Crippen molar-refractivity contribution in [3.63, 3.8) is 0 Å². The summed E-state index contributed by atoms with van der Waals surface area (Å²) in [5.41, 5.74) is 2.76. The Morgan fingerprint density at radius 1 is 0.971 bits per heavy atom. The number of benzene rings is 3. The van der Waals surface area contributed by atoms with Crippen molar-refractivity contribution >= 4 is 17.5 Å². The standard InChI is InChI=1S/C27H28N2O6/c1-17-27(31)29(15-19-7-11-23(33-3)14-25(19)34-4)16-20-13-21(8-12-24(20)35-17)28-26(30)18-5-9-22(32-2)10-6-18/h5-14,17H,15-16H2,1-4H3,(H,28,30). The Morgan fingerprint density at radius 3 is 2.37 bits per heavy atom. The molecular weight excluding hydrogens is 448 g/mol. The molecule has 1 unspecified atom stereocenters. The molecule has 0 saturated carbocycles. The third-order valence-corrected chi connectivity index (χ3v) is 5.85. The molecule has 8 heteroatoms. The van der Waals surface area contributed by atoms with Gasteiger partial charge < -0.3 is 29.2 Å². The van der Waals surface area contributed by atoms with E-state index >= 15 is 0 Å². The molecule has 1 atom stereocenters. The van der Waals surface area contributed by atoms with E-state index in [2.05, 4.69) is 5.32 Å². The van der Waals surface area contributed by atoms with Gasteiger partial charge in [0.2, 0.25) is 0 Å². The summed E-state index contributed by atoms with van der Waals surface area (Å²) in [5.74, 6) is 2.21. The predicted molar refractivity (Wildman–Crippen MR) is 131 cm³/mol. The molecular formula is C27H28N2O6. The van der Waals surface area contributed by atoms with Gasteiger partial charge in [-0.2, -0.15) is 0 Å². The highest BCUT2D eigenvalue weighted by molar-refractivity contribution is 6.04. The Hall–Kier alpha value is -4.20. The minimum atomic E-state index is -0.653. The molecule has 2 amide bonds. The molecule has 8 nitrogen and oxygen atoms in total. The zero-order valence-corrected chi connectivity index (χ0v) is 20.2. The number of rotatable bonds is 7. The number of hydrogen-bond acceptors (Lipinski definition) is 6. The van der Waals surface area contributed by atoms with Crippen molar-refractivity contribution in [1.82, 2.24) is 4.90 Å². The second kappa shape index (κ2) is 10.4. The average molecular weight is 477 g/mol. The molecule has 1 heterocycles. The minimum Gasteiger partial charge on any atom is -0.497 e. The van der Waals surface area contributed by atoms with E-state index < -0.39 is 6.10 Å². The monoisotopic (exact) mass is 476 g/mol. The van der Waals surface area contributed by atoms with Crippen LogP contribution in [0.1, 0.15) is 28.4 Å². The lowest BCUT2D eigenvalue weighted by Gasteiger charge is -2.23. The molecule has 0 radical (unpaired) electrons. The molecule has 0 saturated heterocycles. The number of nitrogens with one attached hydrogen (secondary N) is 1. The van der Waals surface area contributed by atoms with Crippen LogP contribution >= 0.6 is 0 Å². The number of methoxy groups -OCH3 is 3. The number of carbonyl (C=O) groups is 2. The van der Waals surface area contributed by atoms with Crippen molar-refractivity contribution in [3.05, 3.63) is 77.4 Å². The quantitative estimate of drug-likeness (QED) is 0.548. The van der Waals surface area contributed by atoms with Gasteiger partial charge in [0.25, 0.3) is 11.8 Å². The first-order valence-corrected chi connectivity index (χ1v) is 11.2. The van der Waals surface area contributed by atoms with Gasteiger partial charge in [-0.05, 0) is 61.5 Å². The Kier molecular flexibility index (Phi) is 7.10. The molecule has 3 aromatic carbocycles. The second-order valence-electron chi connectivity index (χ2n) is 8.14. The normalized spacial score (nSPS) is 14.9. The molecule has 0 spiro atoms. The van der Waals surface area contributed by atoms with Crippen LogP contribution in [0.15, 0.2) is 60.7 Å². The fraction of sp³-hybridized carbons (Fsp3) is 0.259. The smallest absolute Gasteiger partial charge is 0.263 e. The van der Waals surface area contributed by atoms with Crippen LogP contribution in [0.4, 0.5) is 5.69 Å². The Labute approximate surface area is 204 Å². The van der Waals surface area contributed by atoms with Gasteiger partial charge in [-0.25, -0.2) is 0 Å². The van der Waals surface area contributed by atoms with E-state index in [9.17, 15) is 9.59 Å². The van der Waals surface area contributed by atoms with E-state index in [4.69, 9.17) is 18.9 Å². The van der Waals surface area contributed by atoms with Gasteiger partial charge in [-0.15, -0.1) is 0 Å². The number of amides is 2. The number of anilines is 1. The van der Waals surface area contributed by atoms with Crippen LogP contribution in [-0.4, -0.2) is 44.1 Å². The molecule has 3 aromatic rings. The topological polar surface area (TPSA) is 86.3 Å². The lowest BCUT2D eigenvalue weighted by molar-refractivity contribution is -0.138. The Bertz CT molecular complexity index is 1220. The van der Waals surface area contributed by atoms with E-state index in [-0.39, 0.29) is 11.8 Å². The van der Waals surface area contributed by atoms with Crippen LogP contribution < -0.4 is 24.3 Å². The van der Waals surface area contributed by atoms with Crippen molar-refractivity contribution in [1.29, 1.82) is 0 Å². The molecule has 0 aromatic heterocycles. The minimum absolute atomic E-state index is 0.136. The molecule has 1 aliphatic rings. The maximum atomic E-state index is 13.1. The van der Waals surface area contributed by atoms with Gasteiger partial charge in [0.1, 0.15) is 23.0 Å². The molecule has 0 aliphatic carbocycles. The van der Waals surface area contributed by atoms with Crippen LogP contribution in [0, 0.1) is 0 Å². The van der Waals surface area contributed by atoms with Gasteiger partial charge in [0.05, 0.1) is 21.3 Å². The number of fused-ring (bicyclic) bond motifs is 1. The molecule has 1 aliphatic heterocycles. The van der Waals surface area contributed by atoms with Crippen molar-refractivity contribution in [3.8, 4) is 23.0 Å². The third-order valence-electron chi connectivity index (χ3n) is 5.85. The number of ether oxygens (including phenoxy) is 4. The lowest BCUT2D eigenvalue weighted by Crippen LogP contribution is -2.37. The van der Waals surface area contributed by atoms with E-state index in [1.807, 2.05) is 18.2 Å². The van der Waals surface area contributed by atoms with E-state index in [1.54, 1.807) is 75.6 Å². The first kappa shape index (κ1) is 23.9. The van der Waals surface area contributed by atoms with Crippen LogP contribution in [0.3, 0.4) is 0 Å². The highest BCUT2D eigenvalue weighted by Crippen LogP contribution is 2.32. The number of nitrogens with zero attached hydrogens (tertiary/aromatic N) is 1. The Morgan fingerprint density at radius 2 is 1.69 bits per heavy atom. The van der Waals surface area contributed by atoms with E-state index in [0.717, 1.165) is 11.1 Å². The van der Waals surface area contributed by atoms with E-state index in [0.29, 0.717) is 47.3 Å². The summed E-state index contributed by atoms with van der Waals surface area (Å²) in [5, 5.41) is 2.91. The maximum absolute atomic E-state index is 13.1. The number of carbonyl (C=O) groups excluding carboxylic acids is 2. The summed E-state index contributed by atoms with van der Waals surface area (Å²) in [6.07, 6.45) is -0.653. The lowest BCUT2D eigenvalue weighted by atomic mass is 10.1. The molecule has 0 bridgehead atoms. The summed E-state index contributed by atoms with van der Waals surface area (Å²) in [4.78, 5) is 27.5. The van der Waals surface area contributed by atoms with Gasteiger partial charge in [0.15, 0.2) is 6.10 Å². The molecule has 0 fully saturated rings.